The number of aliphatic carboxylic acids is 1. The summed E-state index contributed by atoms with van der Waals surface area (Å²) in [6.07, 6.45) is 5.49. The Labute approximate surface area is 292 Å². The smallest absolute Gasteiger partial charge is 0.410 e. The quantitative estimate of drug-likeness (QED) is 0.372. The molecule has 3 heterocycles. The molecule has 274 valence electrons. The summed E-state index contributed by atoms with van der Waals surface area (Å²) < 4.78 is 22.3. The van der Waals surface area contributed by atoms with Gasteiger partial charge in [0.05, 0.1) is 26.3 Å². The van der Waals surface area contributed by atoms with Crippen molar-refractivity contribution in [1.82, 2.24) is 20.4 Å². The van der Waals surface area contributed by atoms with E-state index >= 15 is 0 Å². The lowest BCUT2D eigenvalue weighted by molar-refractivity contribution is -0.145. The van der Waals surface area contributed by atoms with Crippen molar-refractivity contribution in [2.24, 2.45) is 5.92 Å². The third-order valence-electron chi connectivity index (χ3n) is 9.85. The number of amides is 4. The Morgan fingerprint density at radius 1 is 1.12 bits per heavy atom. The number of nitrogens with zero attached hydrogens (tertiary/aromatic N) is 2. The summed E-state index contributed by atoms with van der Waals surface area (Å²) in [7, 11) is 3.15. The van der Waals surface area contributed by atoms with Crippen LogP contribution in [0.3, 0.4) is 0 Å². The van der Waals surface area contributed by atoms with Gasteiger partial charge in [0.2, 0.25) is 11.8 Å². The number of ether oxygens (including phenoxy) is 4. The molecule has 6 atom stereocenters. The molecule has 14 heteroatoms. The summed E-state index contributed by atoms with van der Waals surface area (Å²) >= 11 is 0. The zero-order chi connectivity index (χ0) is 36.2. The molecule has 14 nitrogen and oxygen atoms in total. The van der Waals surface area contributed by atoms with Crippen molar-refractivity contribution in [3.05, 3.63) is 41.5 Å². The van der Waals surface area contributed by atoms with Crippen LogP contribution < -0.4 is 15.4 Å². The highest BCUT2D eigenvalue weighted by molar-refractivity contribution is 5.96. The van der Waals surface area contributed by atoms with Crippen molar-refractivity contribution in [1.29, 1.82) is 0 Å². The van der Waals surface area contributed by atoms with E-state index in [1.54, 1.807) is 39.9 Å². The van der Waals surface area contributed by atoms with Gasteiger partial charge < -0.3 is 39.6 Å². The summed E-state index contributed by atoms with van der Waals surface area (Å²) in [5.41, 5.74) is -0.341. The van der Waals surface area contributed by atoms with Crippen LogP contribution in [0.1, 0.15) is 82.9 Å². The van der Waals surface area contributed by atoms with Crippen molar-refractivity contribution in [2.45, 2.75) is 108 Å². The van der Waals surface area contributed by atoms with Crippen molar-refractivity contribution in [2.75, 3.05) is 33.9 Å². The fourth-order valence-electron chi connectivity index (χ4n) is 7.18. The van der Waals surface area contributed by atoms with Crippen LogP contribution >= 0.6 is 0 Å². The number of rotatable bonds is 6. The predicted molar refractivity (Wildman–Crippen MR) is 180 cm³/mol. The lowest BCUT2D eigenvalue weighted by atomic mass is 9.93. The predicted octanol–water partition coefficient (Wildman–Crippen LogP) is 3.72. The Hall–Kier alpha value is -4.33. The fraction of sp³-hybridized carbons (Fsp3) is 0.639. The standard InChI is InChI=1S/C36H50N4O10/c1-35(2,3)50-33(45)37-27-12-10-8-6-7-9-11-23-19-36(23,32(43)44)38-30(41)28-18-25(20-40(28)31(27)42)49-34(46)39-16-15-22-17-24(48-5)13-14-26(22)29(39)21-47-4/h9,11,13-14,17,23,25,27-29H,6-8,10,12,15-16,18-21H2,1-5H3,(H,37,45)(H,38,41)(H,43,44)/t23-,25-,27+,28+,29?,36-/m1/s1. The van der Waals surface area contributed by atoms with Crippen LogP contribution in [0.2, 0.25) is 0 Å². The molecule has 0 aromatic heterocycles. The fourth-order valence-corrected chi connectivity index (χ4v) is 7.18. The zero-order valence-electron chi connectivity index (χ0n) is 29.6. The normalized spacial score (nSPS) is 28.5. The molecule has 2 fully saturated rings. The van der Waals surface area contributed by atoms with Crippen molar-refractivity contribution >= 4 is 30.0 Å². The Bertz CT molecular complexity index is 1490. The molecule has 1 saturated carbocycles. The Morgan fingerprint density at radius 3 is 2.60 bits per heavy atom. The maximum Gasteiger partial charge on any atom is 0.410 e. The number of methoxy groups -OCH3 is 2. The van der Waals surface area contributed by atoms with E-state index in [4.69, 9.17) is 18.9 Å². The molecule has 4 aliphatic rings. The average molecular weight is 699 g/mol. The number of hydrogen-bond donors (Lipinski definition) is 3. The van der Waals surface area contributed by atoms with E-state index in [-0.39, 0.29) is 31.9 Å². The monoisotopic (exact) mass is 698 g/mol. The molecule has 1 unspecified atom stereocenters. The third kappa shape index (κ3) is 8.34. The Balaban J connectivity index is 1.39. The SMILES string of the molecule is COCC1c2ccc(OC)cc2CCN1C(=O)O[C@@H]1C[C@H]2C(=O)N[C@]3(C(=O)O)C[C@H]3C=CCCCCC[C@H](NC(=O)OC(C)(C)C)C(=O)N2C1. The molecular formula is C36H50N4O10. The van der Waals surface area contributed by atoms with Crippen LogP contribution in [0.5, 0.6) is 5.75 Å². The maximum atomic E-state index is 14.2. The number of hydrogen-bond acceptors (Lipinski definition) is 9. The molecule has 0 radical (unpaired) electrons. The van der Waals surface area contributed by atoms with Crippen LogP contribution in [0.25, 0.3) is 0 Å². The zero-order valence-corrected chi connectivity index (χ0v) is 29.6. The van der Waals surface area contributed by atoms with E-state index in [2.05, 4.69) is 10.6 Å². The molecule has 4 amide bonds. The second-order valence-electron chi connectivity index (χ2n) is 14.6. The average Bonchev–Trinajstić information content (AvgIpc) is 3.59. The first-order valence-electron chi connectivity index (χ1n) is 17.4. The number of carboxylic acid groups (broad SMARTS) is 1. The number of fused-ring (bicyclic) bond motifs is 3. The lowest BCUT2D eigenvalue weighted by Gasteiger charge is -2.37. The number of carbonyl (C=O) groups excluding carboxylic acids is 4. The third-order valence-corrected chi connectivity index (χ3v) is 9.85. The minimum atomic E-state index is -1.48. The van der Waals surface area contributed by atoms with E-state index in [0.717, 1.165) is 30.4 Å². The highest BCUT2D eigenvalue weighted by Crippen LogP contribution is 2.45. The summed E-state index contributed by atoms with van der Waals surface area (Å²) in [4.78, 5) is 70.1. The van der Waals surface area contributed by atoms with E-state index in [1.807, 2.05) is 30.4 Å². The molecule has 1 aliphatic carbocycles. The topological polar surface area (TPSA) is 173 Å². The van der Waals surface area contributed by atoms with Gasteiger partial charge in [-0.25, -0.2) is 14.4 Å². The highest BCUT2D eigenvalue weighted by atomic mass is 16.6. The second kappa shape index (κ2) is 15.3. The van der Waals surface area contributed by atoms with Gasteiger partial charge in [-0.2, -0.15) is 0 Å². The van der Waals surface area contributed by atoms with Crippen LogP contribution in [0.15, 0.2) is 30.4 Å². The number of benzene rings is 1. The van der Waals surface area contributed by atoms with Gasteiger partial charge in [-0.15, -0.1) is 0 Å². The van der Waals surface area contributed by atoms with Crippen molar-refractivity contribution in [3.63, 3.8) is 0 Å². The molecule has 3 N–H and O–H groups in total. The van der Waals surface area contributed by atoms with E-state index in [0.29, 0.717) is 31.6 Å². The minimum Gasteiger partial charge on any atom is -0.497 e. The number of alkyl carbamates (subject to hydrolysis) is 1. The minimum absolute atomic E-state index is 0.0464. The van der Waals surface area contributed by atoms with Gasteiger partial charge in [0.15, 0.2) is 0 Å². The molecule has 50 heavy (non-hydrogen) atoms. The van der Waals surface area contributed by atoms with Gasteiger partial charge in [-0.05, 0) is 76.1 Å². The van der Waals surface area contributed by atoms with Crippen LogP contribution in [0, 0.1) is 5.92 Å². The van der Waals surface area contributed by atoms with Crippen molar-refractivity contribution in [3.8, 4) is 5.75 Å². The summed E-state index contributed by atoms with van der Waals surface area (Å²) in [6, 6.07) is 3.09. The summed E-state index contributed by atoms with van der Waals surface area (Å²) in [6.45, 7) is 5.61. The molecule has 3 aliphatic heterocycles. The van der Waals surface area contributed by atoms with Gasteiger partial charge in [0.25, 0.3) is 0 Å². The Morgan fingerprint density at radius 2 is 1.90 bits per heavy atom. The number of nitrogens with one attached hydrogen (secondary N) is 2. The largest absolute Gasteiger partial charge is 0.497 e. The maximum absolute atomic E-state index is 14.2. The van der Waals surface area contributed by atoms with Crippen LogP contribution in [-0.4, -0.2) is 108 Å². The molecule has 0 spiro atoms. The molecular weight excluding hydrogens is 648 g/mol. The number of allylic oxidation sites excluding steroid dienone is 1. The summed E-state index contributed by atoms with van der Waals surface area (Å²) in [5.74, 6) is -2.00. The first-order valence-corrected chi connectivity index (χ1v) is 17.4. The van der Waals surface area contributed by atoms with Gasteiger partial charge >= 0.3 is 18.2 Å². The number of carboxylic acids is 1. The van der Waals surface area contributed by atoms with Gasteiger partial charge in [-0.1, -0.05) is 31.1 Å². The number of carbonyl (C=O) groups is 5. The van der Waals surface area contributed by atoms with Gasteiger partial charge in [0, 0.05) is 26.0 Å². The van der Waals surface area contributed by atoms with Crippen LogP contribution in [0.4, 0.5) is 9.59 Å². The Kier molecular flexibility index (Phi) is 11.3. The molecule has 0 bridgehead atoms. The molecule has 5 rings (SSSR count). The summed E-state index contributed by atoms with van der Waals surface area (Å²) in [5, 5.41) is 15.6. The second-order valence-corrected chi connectivity index (χ2v) is 14.6. The molecule has 1 saturated heterocycles. The van der Waals surface area contributed by atoms with Gasteiger partial charge in [0.1, 0.15) is 35.1 Å². The van der Waals surface area contributed by atoms with E-state index < -0.39 is 65.3 Å². The van der Waals surface area contributed by atoms with Gasteiger partial charge in [-0.3, -0.25) is 14.5 Å². The van der Waals surface area contributed by atoms with E-state index in [1.165, 1.54) is 4.90 Å². The highest BCUT2D eigenvalue weighted by Gasteiger charge is 2.61. The van der Waals surface area contributed by atoms with E-state index in [9.17, 15) is 29.1 Å². The first kappa shape index (κ1) is 36.9. The lowest BCUT2D eigenvalue weighted by Crippen LogP contribution is -2.56. The first-order chi connectivity index (χ1) is 23.8. The van der Waals surface area contributed by atoms with Crippen LogP contribution in [-0.2, 0) is 35.0 Å². The molecule has 1 aromatic rings. The molecule has 1 aromatic carbocycles. The van der Waals surface area contributed by atoms with Crippen molar-refractivity contribution < 1.29 is 48.0 Å².